The number of ether oxygens (including phenoxy) is 2. The van der Waals surface area contributed by atoms with E-state index in [2.05, 4.69) is 16.0 Å². The van der Waals surface area contributed by atoms with Gasteiger partial charge < -0.3 is 9.47 Å². The van der Waals surface area contributed by atoms with E-state index >= 15 is 0 Å². The summed E-state index contributed by atoms with van der Waals surface area (Å²) in [5, 5.41) is 0. The summed E-state index contributed by atoms with van der Waals surface area (Å²) in [5.41, 5.74) is 2.51. The molecule has 2 aliphatic heterocycles. The monoisotopic (exact) mass is 447 g/mol. The Morgan fingerprint density at radius 2 is 1.85 bits per heavy atom. The van der Waals surface area contributed by atoms with Crippen molar-refractivity contribution >= 4 is 6.09 Å². The van der Waals surface area contributed by atoms with Gasteiger partial charge in [-0.05, 0) is 29.8 Å². The van der Waals surface area contributed by atoms with E-state index in [1.54, 1.807) is 29.4 Å². The molecule has 0 aliphatic carbocycles. The van der Waals surface area contributed by atoms with Gasteiger partial charge in [0, 0.05) is 56.1 Å². The average Bonchev–Trinajstić information content (AvgIpc) is 3.36. The van der Waals surface area contributed by atoms with Gasteiger partial charge in [-0.25, -0.2) is 9.18 Å². The number of hydrogen-bond acceptors (Lipinski definition) is 5. The maximum Gasteiger partial charge on any atom is 0.410 e. The summed E-state index contributed by atoms with van der Waals surface area (Å²) in [4.78, 5) is 20.7. The molecule has 2 fully saturated rings. The van der Waals surface area contributed by atoms with Crippen LogP contribution in [0.15, 0.2) is 73.1 Å². The Kier molecular flexibility index (Phi) is 5.96. The molecular formula is C26H26FN3O3. The zero-order valence-corrected chi connectivity index (χ0v) is 18.3. The Hall–Kier alpha value is -3.45. The number of pyridine rings is 1. The Bertz CT molecular complexity index is 1110. The molecule has 170 valence electrons. The third kappa shape index (κ3) is 4.98. The molecule has 0 radical (unpaired) electrons. The second kappa shape index (κ2) is 9.19. The number of halogens is 1. The third-order valence-corrected chi connectivity index (χ3v) is 6.21. The van der Waals surface area contributed by atoms with Crippen LogP contribution in [0.1, 0.15) is 23.1 Å². The van der Waals surface area contributed by atoms with Gasteiger partial charge in [0.1, 0.15) is 23.8 Å². The summed E-state index contributed by atoms with van der Waals surface area (Å²) in [5.74, 6) is 0.569. The van der Waals surface area contributed by atoms with E-state index in [0.717, 1.165) is 42.0 Å². The molecule has 0 saturated carbocycles. The first-order valence-electron chi connectivity index (χ1n) is 11.1. The molecular weight excluding hydrogens is 421 g/mol. The molecule has 1 aromatic heterocycles. The highest BCUT2D eigenvalue weighted by Crippen LogP contribution is 2.34. The van der Waals surface area contributed by atoms with Crippen LogP contribution in [0.3, 0.4) is 0 Å². The van der Waals surface area contributed by atoms with Crippen molar-refractivity contribution in [3.63, 3.8) is 0 Å². The van der Waals surface area contributed by atoms with Crippen molar-refractivity contribution in [3.8, 4) is 5.75 Å². The van der Waals surface area contributed by atoms with Gasteiger partial charge in [-0.3, -0.25) is 14.8 Å². The van der Waals surface area contributed by atoms with Crippen LogP contribution in [0, 0.1) is 5.82 Å². The summed E-state index contributed by atoms with van der Waals surface area (Å²) < 4.78 is 25.1. The van der Waals surface area contributed by atoms with Crippen LogP contribution < -0.4 is 4.74 Å². The molecule has 2 saturated heterocycles. The number of aromatic nitrogens is 1. The quantitative estimate of drug-likeness (QED) is 0.538. The van der Waals surface area contributed by atoms with Gasteiger partial charge in [0.05, 0.1) is 6.54 Å². The highest BCUT2D eigenvalue weighted by Gasteiger charge is 2.49. The summed E-state index contributed by atoms with van der Waals surface area (Å²) in [6.07, 6.45) is 4.04. The molecule has 1 amide bonds. The van der Waals surface area contributed by atoms with Crippen LogP contribution in [-0.2, 0) is 24.4 Å². The molecule has 33 heavy (non-hydrogen) atoms. The lowest BCUT2D eigenvalue weighted by Gasteiger charge is -2.23. The van der Waals surface area contributed by atoms with Gasteiger partial charge in [-0.1, -0.05) is 36.4 Å². The Labute approximate surface area is 192 Å². The maximum atomic E-state index is 13.2. The molecule has 0 bridgehead atoms. The first kappa shape index (κ1) is 21.4. The van der Waals surface area contributed by atoms with Crippen molar-refractivity contribution in [3.05, 3.63) is 95.6 Å². The van der Waals surface area contributed by atoms with Crippen molar-refractivity contribution in [1.82, 2.24) is 14.8 Å². The van der Waals surface area contributed by atoms with E-state index in [0.29, 0.717) is 26.2 Å². The zero-order chi connectivity index (χ0) is 22.7. The lowest BCUT2D eigenvalue weighted by molar-refractivity contribution is 0.0625. The van der Waals surface area contributed by atoms with Crippen molar-refractivity contribution in [2.24, 2.45) is 0 Å². The van der Waals surface area contributed by atoms with E-state index in [1.807, 2.05) is 30.3 Å². The zero-order valence-electron chi connectivity index (χ0n) is 18.3. The minimum Gasteiger partial charge on any atom is -0.489 e. The number of carbonyl (C=O) groups excluding carboxylic acids is 1. The fourth-order valence-corrected chi connectivity index (χ4v) is 4.56. The normalized spacial score (nSPS) is 20.4. The standard InChI is InChI=1S/C26H26FN3O3/c27-23-9-7-20(8-10-23)15-30-19-26(33-25(30)31)11-13-29(18-26)16-22-5-1-2-6-24(22)32-17-21-4-3-12-28-14-21/h1-10,12,14H,11,13,15-19H2. The molecule has 5 rings (SSSR count). The molecule has 1 atom stereocenters. The smallest absolute Gasteiger partial charge is 0.410 e. The number of para-hydroxylation sites is 1. The van der Waals surface area contributed by atoms with Crippen molar-refractivity contribution in [2.45, 2.75) is 31.7 Å². The number of benzene rings is 2. The van der Waals surface area contributed by atoms with Gasteiger partial charge in [0.15, 0.2) is 0 Å². The SMILES string of the molecule is O=C1OC2(CCN(Cc3ccccc3OCc3cccnc3)C2)CN1Cc1ccc(F)cc1. The number of nitrogens with zero attached hydrogens (tertiary/aromatic N) is 3. The van der Waals surface area contributed by atoms with E-state index in [4.69, 9.17) is 9.47 Å². The topological polar surface area (TPSA) is 54.9 Å². The summed E-state index contributed by atoms with van der Waals surface area (Å²) in [6.45, 7) is 3.67. The molecule has 6 nitrogen and oxygen atoms in total. The first-order chi connectivity index (χ1) is 16.1. The molecule has 3 heterocycles. The van der Waals surface area contributed by atoms with E-state index < -0.39 is 5.60 Å². The van der Waals surface area contributed by atoms with E-state index in [1.165, 1.54) is 12.1 Å². The molecule has 2 aromatic carbocycles. The van der Waals surface area contributed by atoms with Gasteiger partial charge in [0.2, 0.25) is 0 Å². The van der Waals surface area contributed by atoms with Crippen molar-refractivity contribution in [1.29, 1.82) is 0 Å². The minimum absolute atomic E-state index is 0.282. The Morgan fingerprint density at radius 1 is 1.00 bits per heavy atom. The van der Waals surface area contributed by atoms with Crippen LogP contribution in [0.2, 0.25) is 0 Å². The molecule has 2 aliphatic rings. The number of rotatable bonds is 7. The second-order valence-electron chi connectivity index (χ2n) is 8.75. The fraction of sp³-hybridized carbons (Fsp3) is 0.308. The molecule has 7 heteroatoms. The second-order valence-corrected chi connectivity index (χ2v) is 8.75. The van der Waals surface area contributed by atoms with Crippen LogP contribution in [0.4, 0.5) is 9.18 Å². The van der Waals surface area contributed by atoms with E-state index in [9.17, 15) is 9.18 Å². The van der Waals surface area contributed by atoms with Crippen LogP contribution in [-0.4, -0.2) is 46.1 Å². The highest BCUT2D eigenvalue weighted by atomic mass is 19.1. The van der Waals surface area contributed by atoms with Crippen LogP contribution in [0.5, 0.6) is 5.75 Å². The summed E-state index contributed by atoms with van der Waals surface area (Å²) >= 11 is 0. The lowest BCUT2D eigenvalue weighted by Crippen LogP contribution is -2.37. The lowest BCUT2D eigenvalue weighted by atomic mass is 10.0. The Balaban J connectivity index is 1.20. The van der Waals surface area contributed by atoms with Gasteiger partial charge >= 0.3 is 6.09 Å². The fourth-order valence-electron chi connectivity index (χ4n) is 4.56. The predicted molar refractivity (Wildman–Crippen MR) is 121 cm³/mol. The summed E-state index contributed by atoms with van der Waals surface area (Å²) in [6, 6.07) is 18.2. The molecule has 1 unspecified atom stereocenters. The minimum atomic E-state index is -0.497. The van der Waals surface area contributed by atoms with Crippen LogP contribution >= 0.6 is 0 Å². The molecule has 1 spiro atoms. The average molecular weight is 448 g/mol. The van der Waals surface area contributed by atoms with Gasteiger partial charge in [-0.15, -0.1) is 0 Å². The largest absolute Gasteiger partial charge is 0.489 e. The van der Waals surface area contributed by atoms with Gasteiger partial charge in [-0.2, -0.15) is 0 Å². The number of hydrogen-bond donors (Lipinski definition) is 0. The third-order valence-electron chi connectivity index (χ3n) is 6.21. The van der Waals surface area contributed by atoms with Gasteiger partial charge in [0.25, 0.3) is 0 Å². The number of amides is 1. The first-order valence-corrected chi connectivity index (χ1v) is 11.1. The van der Waals surface area contributed by atoms with Crippen LogP contribution in [0.25, 0.3) is 0 Å². The van der Waals surface area contributed by atoms with E-state index in [-0.39, 0.29) is 11.9 Å². The molecule has 3 aromatic rings. The van der Waals surface area contributed by atoms with Crippen molar-refractivity contribution < 1.29 is 18.7 Å². The summed E-state index contributed by atoms with van der Waals surface area (Å²) in [7, 11) is 0. The van der Waals surface area contributed by atoms with Crippen molar-refractivity contribution in [2.75, 3.05) is 19.6 Å². The maximum absolute atomic E-state index is 13.2. The number of carbonyl (C=O) groups is 1. The highest BCUT2D eigenvalue weighted by molar-refractivity contribution is 5.71. The predicted octanol–water partition coefficient (Wildman–Crippen LogP) is 4.40. The molecule has 0 N–H and O–H groups in total. The Morgan fingerprint density at radius 3 is 2.67 bits per heavy atom. The number of likely N-dealkylation sites (tertiary alicyclic amines) is 1.